The molecule has 5 heteroatoms. The summed E-state index contributed by atoms with van der Waals surface area (Å²) in [6.45, 7) is 0. The molecule has 200 valence electrons. The molecular formula is C38H21N3OS. The minimum atomic E-state index is 0.674. The summed E-state index contributed by atoms with van der Waals surface area (Å²) in [4.78, 5) is 10.3. The molecule has 6 aromatic carbocycles. The molecule has 0 atom stereocenters. The lowest BCUT2D eigenvalue weighted by Crippen LogP contribution is -2.01. The van der Waals surface area contributed by atoms with Gasteiger partial charge >= 0.3 is 0 Å². The molecular weight excluding hydrogens is 547 g/mol. The van der Waals surface area contributed by atoms with Crippen molar-refractivity contribution in [2.45, 2.75) is 0 Å². The first-order valence-electron chi connectivity index (χ1n) is 14.3. The van der Waals surface area contributed by atoms with E-state index >= 15 is 0 Å². The number of aromatic nitrogens is 3. The van der Waals surface area contributed by atoms with Gasteiger partial charge in [-0.1, -0.05) is 91.0 Å². The highest BCUT2D eigenvalue weighted by molar-refractivity contribution is 7.26. The Hall–Kier alpha value is -5.52. The van der Waals surface area contributed by atoms with E-state index in [1.165, 1.54) is 41.7 Å². The van der Waals surface area contributed by atoms with Crippen LogP contribution in [0.25, 0.3) is 92.0 Å². The Morgan fingerprint density at radius 3 is 2.23 bits per heavy atom. The van der Waals surface area contributed by atoms with Gasteiger partial charge in [-0.15, -0.1) is 11.3 Å². The van der Waals surface area contributed by atoms with E-state index in [9.17, 15) is 0 Å². The molecule has 0 fully saturated rings. The van der Waals surface area contributed by atoms with Crippen LogP contribution in [0.1, 0.15) is 0 Å². The van der Waals surface area contributed by atoms with Gasteiger partial charge in [0.25, 0.3) is 0 Å². The summed E-state index contributed by atoms with van der Waals surface area (Å²) in [5.74, 6) is 1.42. The van der Waals surface area contributed by atoms with E-state index in [4.69, 9.17) is 14.4 Å². The van der Waals surface area contributed by atoms with Crippen LogP contribution in [0.4, 0.5) is 0 Å². The summed E-state index contributed by atoms with van der Waals surface area (Å²) in [7, 11) is 0. The summed E-state index contributed by atoms with van der Waals surface area (Å²) < 4.78 is 11.4. The molecule has 4 heterocycles. The fourth-order valence-electron chi connectivity index (χ4n) is 6.64. The zero-order valence-electron chi connectivity index (χ0n) is 22.8. The maximum Gasteiger partial charge on any atom is 0.197 e. The van der Waals surface area contributed by atoms with Gasteiger partial charge in [0.05, 0.1) is 11.0 Å². The monoisotopic (exact) mass is 567 g/mol. The van der Waals surface area contributed by atoms with Crippen molar-refractivity contribution in [1.82, 2.24) is 14.5 Å². The van der Waals surface area contributed by atoms with Crippen LogP contribution in [-0.4, -0.2) is 14.5 Å². The molecule has 10 aromatic rings. The minimum Gasteiger partial charge on any atom is -0.450 e. The van der Waals surface area contributed by atoms with Gasteiger partial charge in [-0.3, -0.25) is 4.57 Å². The molecule has 0 aliphatic rings. The highest BCUT2D eigenvalue weighted by Crippen LogP contribution is 2.43. The largest absolute Gasteiger partial charge is 0.450 e. The van der Waals surface area contributed by atoms with Crippen molar-refractivity contribution in [3.05, 3.63) is 127 Å². The van der Waals surface area contributed by atoms with Crippen LogP contribution < -0.4 is 0 Å². The van der Waals surface area contributed by atoms with Gasteiger partial charge in [0.1, 0.15) is 11.1 Å². The second kappa shape index (κ2) is 8.51. The molecule has 0 N–H and O–H groups in total. The fourth-order valence-corrected chi connectivity index (χ4v) is 7.87. The molecule has 0 spiro atoms. The molecule has 4 aromatic heterocycles. The molecule has 4 nitrogen and oxygen atoms in total. The predicted octanol–water partition coefficient (Wildman–Crippen LogP) is 10.7. The number of fused-ring (bicyclic) bond motifs is 11. The van der Waals surface area contributed by atoms with E-state index in [0.717, 1.165) is 38.9 Å². The number of nitrogens with zero attached hydrogens (tertiary/aromatic N) is 3. The van der Waals surface area contributed by atoms with Crippen molar-refractivity contribution in [2.75, 3.05) is 0 Å². The number of thiophene rings is 1. The van der Waals surface area contributed by atoms with Crippen LogP contribution in [0.5, 0.6) is 0 Å². The number of furan rings is 1. The lowest BCUT2D eigenvalue weighted by molar-refractivity contribution is 0.662. The van der Waals surface area contributed by atoms with E-state index in [1.54, 1.807) is 0 Å². The maximum atomic E-state index is 6.55. The van der Waals surface area contributed by atoms with Gasteiger partial charge in [-0.2, -0.15) is 0 Å². The van der Waals surface area contributed by atoms with E-state index in [1.807, 2.05) is 47.7 Å². The average molecular weight is 568 g/mol. The normalized spacial score (nSPS) is 12.2. The lowest BCUT2D eigenvalue weighted by Gasteiger charge is -2.10. The van der Waals surface area contributed by atoms with Crippen LogP contribution in [-0.2, 0) is 0 Å². The van der Waals surface area contributed by atoms with Gasteiger partial charge in [0, 0.05) is 47.3 Å². The Labute approximate surface area is 249 Å². The van der Waals surface area contributed by atoms with Crippen molar-refractivity contribution >= 4 is 86.2 Å². The van der Waals surface area contributed by atoms with E-state index in [-0.39, 0.29) is 0 Å². The fraction of sp³-hybridized carbons (Fsp3) is 0. The smallest absolute Gasteiger partial charge is 0.197 e. The zero-order chi connectivity index (χ0) is 28.1. The predicted molar refractivity (Wildman–Crippen MR) is 179 cm³/mol. The molecule has 0 bridgehead atoms. The van der Waals surface area contributed by atoms with Crippen LogP contribution in [0.2, 0.25) is 0 Å². The zero-order valence-corrected chi connectivity index (χ0v) is 23.6. The van der Waals surface area contributed by atoms with Crippen LogP contribution in [0, 0.1) is 0 Å². The topological polar surface area (TPSA) is 43.9 Å². The summed E-state index contributed by atoms with van der Waals surface area (Å²) >= 11 is 1.86. The first-order chi connectivity index (χ1) is 21.3. The number of para-hydroxylation sites is 2. The second-order valence-corrected chi connectivity index (χ2v) is 12.0. The van der Waals surface area contributed by atoms with E-state index < -0.39 is 0 Å². The summed E-state index contributed by atoms with van der Waals surface area (Å²) in [6.07, 6.45) is 0. The number of rotatable bonds is 2. The summed E-state index contributed by atoms with van der Waals surface area (Å²) in [5.41, 5.74) is 5.45. The quantitative estimate of drug-likeness (QED) is 0.209. The average Bonchev–Trinajstić information content (AvgIpc) is 3.73. The Morgan fingerprint density at radius 1 is 0.558 bits per heavy atom. The second-order valence-electron chi connectivity index (χ2n) is 11.0. The Morgan fingerprint density at radius 2 is 1.33 bits per heavy atom. The molecule has 0 unspecified atom stereocenters. The number of hydrogen-bond donors (Lipinski definition) is 0. The van der Waals surface area contributed by atoms with Crippen LogP contribution >= 0.6 is 11.3 Å². The molecule has 0 amide bonds. The molecule has 0 aliphatic carbocycles. The number of benzene rings is 6. The third-order valence-corrected chi connectivity index (χ3v) is 9.82. The van der Waals surface area contributed by atoms with Crippen LogP contribution in [0.3, 0.4) is 0 Å². The van der Waals surface area contributed by atoms with Gasteiger partial charge in [0.2, 0.25) is 0 Å². The molecule has 10 rings (SSSR count). The van der Waals surface area contributed by atoms with Gasteiger partial charge in [-0.05, 0) is 41.8 Å². The molecule has 0 saturated carbocycles. The Balaban J connectivity index is 1.39. The van der Waals surface area contributed by atoms with Crippen LogP contribution in [0.15, 0.2) is 132 Å². The van der Waals surface area contributed by atoms with Crippen molar-refractivity contribution in [2.24, 2.45) is 0 Å². The highest BCUT2D eigenvalue weighted by Gasteiger charge is 2.22. The SMILES string of the molecule is c1ccc(-c2nc(-n3c4ccccc4c4cc5ccc6c7ccccc7sc6c5cc43)c3oc4ccccc4c3n2)cc1. The van der Waals surface area contributed by atoms with Crippen molar-refractivity contribution in [3.8, 4) is 17.2 Å². The summed E-state index contributed by atoms with van der Waals surface area (Å²) in [6, 6.07) is 44.8. The Kier molecular flexibility index (Phi) is 4.57. The van der Waals surface area contributed by atoms with Gasteiger partial charge < -0.3 is 4.42 Å². The van der Waals surface area contributed by atoms with Crippen molar-refractivity contribution < 1.29 is 4.42 Å². The standard InChI is InChI=1S/C38H21N3OS/c1-2-10-22(11-3-1)37-39-34-27-14-5-8-16-32(27)42-35(34)38(40-37)41-30-15-7-4-12-24(30)29-20-23-18-19-26-25-13-6-9-17-33(25)43-36(26)28(23)21-31(29)41/h1-21H. The third kappa shape index (κ3) is 3.20. The molecule has 43 heavy (non-hydrogen) atoms. The van der Waals surface area contributed by atoms with Gasteiger partial charge in [0.15, 0.2) is 17.2 Å². The molecule has 0 radical (unpaired) electrons. The van der Waals surface area contributed by atoms with E-state index in [0.29, 0.717) is 11.4 Å². The minimum absolute atomic E-state index is 0.674. The van der Waals surface area contributed by atoms with E-state index in [2.05, 4.69) is 95.6 Å². The molecule has 0 saturated heterocycles. The Bertz CT molecular complexity index is 2730. The maximum absolute atomic E-state index is 6.55. The first-order valence-corrected chi connectivity index (χ1v) is 15.2. The number of hydrogen-bond acceptors (Lipinski definition) is 4. The molecule has 0 aliphatic heterocycles. The third-order valence-electron chi connectivity index (χ3n) is 8.60. The summed E-state index contributed by atoms with van der Waals surface area (Å²) in [5, 5.41) is 8.43. The van der Waals surface area contributed by atoms with Crippen molar-refractivity contribution in [3.63, 3.8) is 0 Å². The lowest BCUT2D eigenvalue weighted by atomic mass is 10.0. The van der Waals surface area contributed by atoms with Crippen molar-refractivity contribution in [1.29, 1.82) is 0 Å². The van der Waals surface area contributed by atoms with Gasteiger partial charge in [-0.25, -0.2) is 9.97 Å². The highest BCUT2D eigenvalue weighted by atomic mass is 32.1. The first kappa shape index (κ1) is 23.1.